The molecule has 4 rings (SSSR count). The van der Waals surface area contributed by atoms with E-state index in [1.807, 2.05) is 68.7 Å². The molecule has 0 aliphatic carbocycles. The molecule has 2 heterocycles. The summed E-state index contributed by atoms with van der Waals surface area (Å²) >= 11 is 7.54. The van der Waals surface area contributed by atoms with Crippen LogP contribution >= 0.6 is 22.9 Å². The van der Waals surface area contributed by atoms with E-state index in [1.54, 1.807) is 25.4 Å². The zero-order valence-corrected chi connectivity index (χ0v) is 23.5. The highest BCUT2D eigenvalue weighted by Crippen LogP contribution is 2.37. The molecule has 2 aromatic carbocycles. The second-order valence-electron chi connectivity index (χ2n) is 10.4. The summed E-state index contributed by atoms with van der Waals surface area (Å²) in [6, 6.07) is 14.9. The van der Waals surface area contributed by atoms with E-state index in [0.29, 0.717) is 27.2 Å². The number of thiophene rings is 1. The number of aromatic nitrogens is 2. The first-order valence-corrected chi connectivity index (χ1v) is 13.3. The largest absolute Gasteiger partial charge is 0.484 e. The van der Waals surface area contributed by atoms with Crippen molar-refractivity contribution in [3.8, 4) is 10.8 Å². The lowest BCUT2D eigenvalue weighted by Gasteiger charge is -2.39. The predicted octanol–water partition coefficient (Wildman–Crippen LogP) is 5.96. The van der Waals surface area contributed by atoms with Gasteiger partial charge in [-0.05, 0) is 43.0 Å². The van der Waals surface area contributed by atoms with Gasteiger partial charge in [-0.3, -0.25) is 19.5 Å². The number of hydrogen-bond acceptors (Lipinski definition) is 6. The number of hydrogen-bond donors (Lipinski definition) is 3. The number of nitrogens with one attached hydrogen (secondary N) is 1. The fourth-order valence-electron chi connectivity index (χ4n) is 4.08. The lowest BCUT2D eigenvalue weighted by atomic mass is 9.74. The molecule has 1 amide bonds. The number of fused-ring (bicyclic) bond motifs is 1. The Balaban J connectivity index is 1.66. The zero-order chi connectivity index (χ0) is 27.8. The van der Waals surface area contributed by atoms with E-state index < -0.39 is 28.9 Å². The van der Waals surface area contributed by atoms with Gasteiger partial charge in [0.05, 0.1) is 11.0 Å². The number of aliphatic carboxylic acids is 1. The van der Waals surface area contributed by atoms with Gasteiger partial charge in [0.15, 0.2) is 0 Å². The van der Waals surface area contributed by atoms with Crippen molar-refractivity contribution in [2.24, 2.45) is 11.1 Å². The third-order valence-electron chi connectivity index (χ3n) is 6.98. The summed E-state index contributed by atoms with van der Waals surface area (Å²) in [5.41, 5.74) is 7.30. The molecule has 4 N–H and O–H groups in total. The van der Waals surface area contributed by atoms with Crippen molar-refractivity contribution in [3.05, 3.63) is 75.9 Å². The number of carboxylic acids is 1. The van der Waals surface area contributed by atoms with Gasteiger partial charge >= 0.3 is 5.97 Å². The summed E-state index contributed by atoms with van der Waals surface area (Å²) in [7, 11) is 0. The van der Waals surface area contributed by atoms with Crippen LogP contribution in [0, 0.1) is 5.41 Å². The van der Waals surface area contributed by atoms with E-state index >= 15 is 0 Å². The molecule has 4 aromatic rings. The number of halogens is 1. The third-order valence-corrected chi connectivity index (χ3v) is 8.45. The minimum absolute atomic E-state index is 0.293. The van der Waals surface area contributed by atoms with Crippen molar-refractivity contribution in [2.75, 3.05) is 0 Å². The number of rotatable bonds is 9. The van der Waals surface area contributed by atoms with Gasteiger partial charge in [-0.25, -0.2) is 4.98 Å². The highest BCUT2D eigenvalue weighted by Gasteiger charge is 2.44. The molecule has 0 fully saturated rings. The minimum atomic E-state index is -1.13. The summed E-state index contributed by atoms with van der Waals surface area (Å²) in [5.74, 6) is -1.13. The Morgan fingerprint density at radius 2 is 1.89 bits per heavy atom. The quantitative estimate of drug-likeness (QED) is 0.235. The molecule has 8 nitrogen and oxygen atoms in total. The Morgan fingerprint density at radius 3 is 2.53 bits per heavy atom. The Morgan fingerprint density at radius 1 is 1.18 bits per heavy atom. The number of imidazole rings is 1. The summed E-state index contributed by atoms with van der Waals surface area (Å²) in [5, 5.41) is 14.4. The number of ether oxygens (including phenoxy) is 1. The Bertz CT molecular complexity index is 1510. The van der Waals surface area contributed by atoms with E-state index in [-0.39, 0.29) is 0 Å². The van der Waals surface area contributed by atoms with Gasteiger partial charge in [0, 0.05) is 23.2 Å². The molecule has 10 heteroatoms. The second-order valence-corrected chi connectivity index (χ2v) is 11.8. The van der Waals surface area contributed by atoms with Crippen LogP contribution in [0.1, 0.15) is 61.5 Å². The molecule has 0 spiro atoms. The topological polar surface area (TPSA) is 119 Å². The molecule has 0 aliphatic heterocycles. The maximum atomic E-state index is 12.3. The van der Waals surface area contributed by atoms with E-state index in [0.717, 1.165) is 22.2 Å². The number of carboxylic acid groups (broad SMARTS) is 1. The summed E-state index contributed by atoms with van der Waals surface area (Å²) in [4.78, 5) is 29.1. The van der Waals surface area contributed by atoms with E-state index in [4.69, 9.17) is 22.1 Å². The predicted molar refractivity (Wildman–Crippen MR) is 150 cm³/mol. The molecule has 0 bridgehead atoms. The van der Waals surface area contributed by atoms with Crippen molar-refractivity contribution in [1.29, 1.82) is 0 Å². The lowest BCUT2D eigenvalue weighted by molar-refractivity contribution is -0.149. The molecular weight excluding hydrogens is 524 g/mol. The number of carbonyl (C=O) groups excluding carboxylic acids is 1. The van der Waals surface area contributed by atoms with Crippen LogP contribution in [0.2, 0.25) is 5.02 Å². The van der Waals surface area contributed by atoms with E-state index in [2.05, 4.69) is 10.3 Å². The van der Waals surface area contributed by atoms with Crippen molar-refractivity contribution in [1.82, 2.24) is 14.9 Å². The van der Waals surface area contributed by atoms with Crippen LogP contribution in [0.3, 0.4) is 0 Å². The molecule has 2 atom stereocenters. The summed E-state index contributed by atoms with van der Waals surface area (Å²) in [6.45, 7) is 9.59. The maximum Gasteiger partial charge on any atom is 0.324 e. The molecule has 2 aromatic heterocycles. The standard InChI is InChI=1S/C28H31ClN4O4S/c1-16(18-8-6-7-9-19(18)29)37-22-13-23(38-24(22)25(30)34)33-15-31-20-11-10-17(12-21(20)33)14-32-28(5,26(35)36)27(2,3)4/h6-13,15-16,32H,14H2,1-5H3,(H2,30,34)(H,35,36)/t16-,28+/m1/s1. The average molecular weight is 555 g/mol. The first-order chi connectivity index (χ1) is 17.8. The number of primary amides is 1. The van der Waals surface area contributed by atoms with Crippen LogP contribution in [0.4, 0.5) is 0 Å². The van der Waals surface area contributed by atoms with Gasteiger partial charge in [-0.1, -0.05) is 56.6 Å². The van der Waals surface area contributed by atoms with Crippen LogP contribution < -0.4 is 15.8 Å². The fraction of sp³-hybridized carbons (Fsp3) is 0.321. The fourth-order valence-corrected chi connectivity index (χ4v) is 5.29. The smallest absolute Gasteiger partial charge is 0.324 e. The highest BCUT2D eigenvalue weighted by atomic mass is 35.5. The maximum absolute atomic E-state index is 12.3. The molecule has 38 heavy (non-hydrogen) atoms. The SMILES string of the molecule is C[C@@H](Oc1cc(-n2cnc3ccc(CN[C@@](C)(C(=O)O)C(C)(C)C)cc32)sc1C(N)=O)c1ccccc1Cl. The molecular formula is C28H31ClN4O4S. The van der Waals surface area contributed by atoms with E-state index in [9.17, 15) is 14.7 Å². The van der Waals surface area contributed by atoms with Gasteiger partial charge in [-0.2, -0.15) is 0 Å². The number of carbonyl (C=O) groups is 2. The van der Waals surface area contributed by atoms with Gasteiger partial charge < -0.3 is 15.6 Å². The summed E-state index contributed by atoms with van der Waals surface area (Å²) in [6.07, 6.45) is 1.27. The highest BCUT2D eigenvalue weighted by molar-refractivity contribution is 7.16. The molecule has 0 radical (unpaired) electrons. The average Bonchev–Trinajstić information content (AvgIpc) is 3.45. The number of amides is 1. The van der Waals surface area contributed by atoms with Gasteiger partial charge in [0.1, 0.15) is 33.6 Å². The lowest BCUT2D eigenvalue weighted by Crippen LogP contribution is -2.58. The van der Waals surface area contributed by atoms with Crippen molar-refractivity contribution < 1.29 is 19.4 Å². The number of benzene rings is 2. The minimum Gasteiger partial charge on any atom is -0.484 e. The van der Waals surface area contributed by atoms with Crippen LogP contribution in [0.5, 0.6) is 5.75 Å². The molecule has 0 saturated heterocycles. The molecule has 200 valence electrons. The van der Waals surface area contributed by atoms with Crippen molar-refractivity contribution >= 4 is 45.8 Å². The number of nitrogens with zero attached hydrogens (tertiary/aromatic N) is 2. The monoisotopic (exact) mass is 554 g/mol. The van der Waals surface area contributed by atoms with Crippen molar-refractivity contribution in [3.63, 3.8) is 0 Å². The Kier molecular flexibility index (Phi) is 7.56. The third kappa shape index (κ3) is 5.27. The molecule has 0 saturated carbocycles. The van der Waals surface area contributed by atoms with Gasteiger partial charge in [-0.15, -0.1) is 11.3 Å². The Labute approximate surface area is 230 Å². The van der Waals surface area contributed by atoms with Crippen LogP contribution in [0.25, 0.3) is 16.0 Å². The van der Waals surface area contributed by atoms with Crippen LogP contribution in [-0.4, -0.2) is 32.1 Å². The second kappa shape index (κ2) is 10.4. The van der Waals surface area contributed by atoms with Crippen LogP contribution in [-0.2, 0) is 11.3 Å². The molecule has 0 unspecified atom stereocenters. The van der Waals surface area contributed by atoms with Crippen molar-refractivity contribution in [2.45, 2.75) is 52.8 Å². The first-order valence-electron chi connectivity index (χ1n) is 12.1. The number of nitrogens with two attached hydrogens (primary N) is 1. The van der Waals surface area contributed by atoms with E-state index in [1.165, 1.54) is 11.3 Å². The van der Waals surface area contributed by atoms with Gasteiger partial charge in [0.2, 0.25) is 0 Å². The Hall–Kier alpha value is -3.40. The normalized spacial score (nSPS) is 14.3. The zero-order valence-electron chi connectivity index (χ0n) is 21.9. The van der Waals surface area contributed by atoms with Gasteiger partial charge in [0.25, 0.3) is 5.91 Å². The summed E-state index contributed by atoms with van der Waals surface area (Å²) < 4.78 is 8.01. The first kappa shape index (κ1) is 27.6. The van der Waals surface area contributed by atoms with Crippen LogP contribution in [0.15, 0.2) is 54.9 Å². The molecule has 0 aliphatic rings.